The largest absolute Gasteiger partial charge is 0.390 e. The van der Waals surface area contributed by atoms with Gasteiger partial charge in [0, 0.05) is 12.2 Å². The summed E-state index contributed by atoms with van der Waals surface area (Å²) in [6.07, 6.45) is -5.13. The number of anilines is 1. The second-order valence-electron chi connectivity index (χ2n) is 3.96. The van der Waals surface area contributed by atoms with Crippen molar-refractivity contribution in [3.63, 3.8) is 0 Å². The fourth-order valence-corrected chi connectivity index (χ4v) is 1.27. The van der Waals surface area contributed by atoms with Crippen molar-refractivity contribution in [3.05, 3.63) is 29.8 Å². The Balaban J connectivity index is 2.24. The lowest BCUT2D eigenvalue weighted by Crippen LogP contribution is -2.30. The van der Waals surface area contributed by atoms with Crippen LogP contribution in [-0.4, -0.2) is 25.2 Å². The van der Waals surface area contributed by atoms with E-state index in [9.17, 15) is 18.0 Å². The summed E-state index contributed by atoms with van der Waals surface area (Å²) in [5.74, 6) is -0.360. The highest BCUT2D eigenvalue weighted by Crippen LogP contribution is 2.18. The van der Waals surface area contributed by atoms with Crippen molar-refractivity contribution in [2.45, 2.75) is 19.5 Å². The van der Waals surface area contributed by atoms with Crippen LogP contribution in [-0.2, 0) is 4.79 Å². The van der Waals surface area contributed by atoms with Gasteiger partial charge in [-0.15, -0.1) is 0 Å². The predicted octanol–water partition coefficient (Wildman–Crippen LogP) is 2.48. The average molecular weight is 260 g/mol. The Hall–Kier alpha value is -1.56. The number of aryl methyl sites for hydroxylation is 1. The second-order valence-corrected chi connectivity index (χ2v) is 3.96. The smallest absolute Gasteiger partial charge is 0.325 e. The van der Waals surface area contributed by atoms with Gasteiger partial charge < -0.3 is 10.6 Å². The first-order chi connectivity index (χ1) is 8.37. The monoisotopic (exact) mass is 260 g/mol. The Morgan fingerprint density at radius 3 is 2.39 bits per heavy atom. The van der Waals surface area contributed by atoms with Crippen LogP contribution in [0, 0.1) is 6.92 Å². The summed E-state index contributed by atoms with van der Waals surface area (Å²) in [6.45, 7) is 1.53. The van der Waals surface area contributed by atoms with Crippen molar-refractivity contribution in [1.82, 2.24) is 5.32 Å². The molecule has 0 saturated carbocycles. The van der Waals surface area contributed by atoms with E-state index in [1.54, 1.807) is 12.1 Å². The van der Waals surface area contributed by atoms with E-state index in [-0.39, 0.29) is 19.0 Å². The van der Waals surface area contributed by atoms with E-state index in [2.05, 4.69) is 10.6 Å². The van der Waals surface area contributed by atoms with Crippen LogP contribution in [0.5, 0.6) is 0 Å². The van der Waals surface area contributed by atoms with Gasteiger partial charge in [0.2, 0.25) is 5.91 Å². The zero-order chi connectivity index (χ0) is 13.6. The molecule has 0 radical (unpaired) electrons. The predicted molar refractivity (Wildman–Crippen MR) is 63.4 cm³/mol. The van der Waals surface area contributed by atoms with Gasteiger partial charge in [-0.3, -0.25) is 4.79 Å². The number of hydrogen-bond donors (Lipinski definition) is 2. The Morgan fingerprint density at radius 1 is 1.22 bits per heavy atom. The van der Waals surface area contributed by atoms with Gasteiger partial charge in [0.25, 0.3) is 0 Å². The molecule has 0 saturated heterocycles. The number of halogens is 3. The van der Waals surface area contributed by atoms with Crippen LogP contribution in [0.3, 0.4) is 0 Å². The number of benzene rings is 1. The molecular weight excluding hydrogens is 245 g/mol. The standard InChI is InChI=1S/C12H15F3N2O/c1-9-2-4-10(5-3-9)17-11(18)8-16-7-6-12(13,14)15/h2-5,16H,6-8H2,1H3,(H,17,18). The van der Waals surface area contributed by atoms with Crippen molar-refractivity contribution >= 4 is 11.6 Å². The Morgan fingerprint density at radius 2 is 1.83 bits per heavy atom. The molecule has 3 nitrogen and oxygen atoms in total. The van der Waals surface area contributed by atoms with Crippen LogP contribution >= 0.6 is 0 Å². The first-order valence-corrected chi connectivity index (χ1v) is 5.51. The molecule has 1 aromatic carbocycles. The average Bonchev–Trinajstić information content (AvgIpc) is 2.26. The van der Waals surface area contributed by atoms with Crippen molar-refractivity contribution in [2.24, 2.45) is 0 Å². The van der Waals surface area contributed by atoms with Gasteiger partial charge >= 0.3 is 6.18 Å². The topological polar surface area (TPSA) is 41.1 Å². The quantitative estimate of drug-likeness (QED) is 0.798. The van der Waals surface area contributed by atoms with Crippen molar-refractivity contribution in [2.75, 3.05) is 18.4 Å². The summed E-state index contributed by atoms with van der Waals surface area (Å²) in [5, 5.41) is 5.03. The molecule has 100 valence electrons. The fourth-order valence-electron chi connectivity index (χ4n) is 1.27. The molecule has 0 heterocycles. The molecule has 0 aromatic heterocycles. The second kappa shape index (κ2) is 6.39. The highest BCUT2D eigenvalue weighted by atomic mass is 19.4. The molecule has 0 aliphatic carbocycles. The third-order valence-electron chi connectivity index (χ3n) is 2.21. The molecule has 1 amide bonds. The molecule has 0 aliphatic rings. The maximum atomic E-state index is 11.8. The maximum absolute atomic E-state index is 11.8. The summed E-state index contributed by atoms with van der Waals surface area (Å²) in [5.41, 5.74) is 1.69. The summed E-state index contributed by atoms with van der Waals surface area (Å²) >= 11 is 0. The molecular formula is C12H15F3N2O. The van der Waals surface area contributed by atoms with E-state index in [0.29, 0.717) is 5.69 Å². The van der Waals surface area contributed by atoms with Crippen molar-refractivity contribution < 1.29 is 18.0 Å². The zero-order valence-corrected chi connectivity index (χ0v) is 9.97. The highest BCUT2D eigenvalue weighted by Gasteiger charge is 2.25. The van der Waals surface area contributed by atoms with Crippen LogP contribution in [0.1, 0.15) is 12.0 Å². The number of carbonyl (C=O) groups is 1. The van der Waals surface area contributed by atoms with Crippen LogP contribution in [0.4, 0.5) is 18.9 Å². The normalized spacial score (nSPS) is 11.3. The lowest BCUT2D eigenvalue weighted by Gasteiger charge is -2.08. The Bertz CT molecular complexity index is 387. The van der Waals surface area contributed by atoms with E-state index in [0.717, 1.165) is 5.56 Å². The molecule has 18 heavy (non-hydrogen) atoms. The molecule has 0 fully saturated rings. The lowest BCUT2D eigenvalue weighted by atomic mass is 10.2. The van der Waals surface area contributed by atoms with Crippen LogP contribution in [0.15, 0.2) is 24.3 Å². The molecule has 0 atom stereocenters. The van der Waals surface area contributed by atoms with E-state index >= 15 is 0 Å². The minimum atomic E-state index is -4.19. The van der Waals surface area contributed by atoms with Crippen molar-refractivity contribution in [1.29, 1.82) is 0 Å². The van der Waals surface area contributed by atoms with Crippen LogP contribution in [0.2, 0.25) is 0 Å². The molecule has 6 heteroatoms. The van der Waals surface area contributed by atoms with Crippen LogP contribution in [0.25, 0.3) is 0 Å². The molecule has 2 N–H and O–H groups in total. The van der Waals surface area contributed by atoms with Crippen molar-refractivity contribution in [3.8, 4) is 0 Å². The first kappa shape index (κ1) is 14.5. The molecule has 0 spiro atoms. The first-order valence-electron chi connectivity index (χ1n) is 5.51. The molecule has 1 rings (SSSR count). The molecule has 0 bridgehead atoms. The summed E-state index contributed by atoms with van der Waals surface area (Å²) in [4.78, 5) is 11.4. The number of alkyl halides is 3. The third kappa shape index (κ3) is 6.24. The number of amides is 1. The lowest BCUT2D eigenvalue weighted by molar-refractivity contribution is -0.134. The minimum Gasteiger partial charge on any atom is -0.325 e. The maximum Gasteiger partial charge on any atom is 0.390 e. The van der Waals surface area contributed by atoms with Gasteiger partial charge in [0.1, 0.15) is 0 Å². The summed E-state index contributed by atoms with van der Waals surface area (Å²) in [7, 11) is 0. The Kier molecular flexibility index (Phi) is 5.15. The minimum absolute atomic E-state index is 0.135. The van der Waals surface area contributed by atoms with Gasteiger partial charge in [-0.2, -0.15) is 13.2 Å². The van der Waals surface area contributed by atoms with Gasteiger partial charge in [-0.05, 0) is 19.1 Å². The van der Waals surface area contributed by atoms with Gasteiger partial charge in [0.05, 0.1) is 13.0 Å². The number of carbonyl (C=O) groups excluding carboxylic acids is 1. The van der Waals surface area contributed by atoms with Gasteiger partial charge in [-0.25, -0.2) is 0 Å². The molecule has 0 aliphatic heterocycles. The molecule has 1 aromatic rings. The zero-order valence-electron chi connectivity index (χ0n) is 9.97. The Labute approximate surface area is 103 Å². The van der Waals surface area contributed by atoms with E-state index in [1.165, 1.54) is 0 Å². The SMILES string of the molecule is Cc1ccc(NC(=O)CNCCC(F)(F)F)cc1. The summed E-state index contributed by atoms with van der Waals surface area (Å²) < 4.78 is 35.5. The van der Waals surface area contributed by atoms with E-state index < -0.39 is 12.6 Å². The van der Waals surface area contributed by atoms with Gasteiger partial charge in [0.15, 0.2) is 0 Å². The van der Waals surface area contributed by atoms with E-state index in [1.807, 2.05) is 19.1 Å². The van der Waals surface area contributed by atoms with Crippen LogP contribution < -0.4 is 10.6 Å². The number of nitrogens with one attached hydrogen (secondary N) is 2. The third-order valence-corrected chi connectivity index (χ3v) is 2.21. The number of rotatable bonds is 5. The molecule has 0 unspecified atom stereocenters. The van der Waals surface area contributed by atoms with Gasteiger partial charge in [-0.1, -0.05) is 17.7 Å². The fraction of sp³-hybridized carbons (Fsp3) is 0.417. The number of hydrogen-bond acceptors (Lipinski definition) is 2. The summed E-state index contributed by atoms with van der Waals surface area (Å²) in [6, 6.07) is 7.16. The van der Waals surface area contributed by atoms with E-state index in [4.69, 9.17) is 0 Å². The highest BCUT2D eigenvalue weighted by molar-refractivity contribution is 5.92.